The third-order valence-corrected chi connectivity index (χ3v) is 6.29. The fourth-order valence-corrected chi connectivity index (χ4v) is 4.43. The first kappa shape index (κ1) is 25.7. The van der Waals surface area contributed by atoms with Gasteiger partial charge in [-0.25, -0.2) is 15.0 Å². The van der Waals surface area contributed by atoms with Gasteiger partial charge in [0.05, 0.1) is 22.3 Å². The van der Waals surface area contributed by atoms with Gasteiger partial charge in [0, 0.05) is 37.6 Å². The van der Waals surface area contributed by atoms with Gasteiger partial charge in [-0.3, -0.25) is 19.0 Å². The standard InChI is InChI=1S/C26H21F3N8O2/c1-2-3-21(38)36-11-8-16(14-36)22-19-7-10-32-25(30)37(19)23(35-22)18-5-4-15(13-33-18)24(39)34-20-12-17(6-9-31-20)26(27,28)29/h4-7,9-10,12-13,16H,8,11,14H2,1H3,(H2,30,32)(H,31,34,39). The van der Waals surface area contributed by atoms with Gasteiger partial charge in [0.15, 0.2) is 5.82 Å². The van der Waals surface area contributed by atoms with Crippen LogP contribution in [0.2, 0.25) is 0 Å². The zero-order valence-corrected chi connectivity index (χ0v) is 20.5. The van der Waals surface area contributed by atoms with Crippen molar-refractivity contribution in [1.29, 1.82) is 0 Å². The van der Waals surface area contributed by atoms with Gasteiger partial charge in [0.2, 0.25) is 5.95 Å². The minimum Gasteiger partial charge on any atom is -0.369 e. The molecule has 4 aromatic heterocycles. The number of nitrogens with zero attached hydrogens (tertiary/aromatic N) is 6. The van der Waals surface area contributed by atoms with Gasteiger partial charge >= 0.3 is 6.18 Å². The van der Waals surface area contributed by atoms with E-state index in [0.29, 0.717) is 31.0 Å². The van der Waals surface area contributed by atoms with Crippen LogP contribution < -0.4 is 11.1 Å². The molecule has 1 unspecified atom stereocenters. The van der Waals surface area contributed by atoms with Crippen molar-refractivity contribution in [3.8, 4) is 23.4 Å². The number of likely N-dealkylation sites (tertiary alicyclic amines) is 1. The van der Waals surface area contributed by atoms with Crippen molar-refractivity contribution in [2.24, 2.45) is 0 Å². The molecular weight excluding hydrogens is 513 g/mol. The lowest BCUT2D eigenvalue weighted by Crippen LogP contribution is -2.26. The fraction of sp³-hybridized carbons (Fsp3) is 0.231. The van der Waals surface area contributed by atoms with Gasteiger partial charge in [-0.2, -0.15) is 13.2 Å². The second kappa shape index (κ2) is 10.1. The van der Waals surface area contributed by atoms with Gasteiger partial charge in [0.25, 0.3) is 11.8 Å². The molecular formula is C26H21F3N8O2. The number of rotatable bonds is 4. The molecule has 1 fully saturated rings. The monoisotopic (exact) mass is 534 g/mol. The number of nitrogens with two attached hydrogens (primary N) is 1. The number of carbonyl (C=O) groups excluding carboxylic acids is 2. The average molecular weight is 535 g/mol. The third kappa shape index (κ3) is 5.08. The summed E-state index contributed by atoms with van der Waals surface area (Å²) in [6.45, 7) is 2.62. The lowest BCUT2D eigenvalue weighted by atomic mass is 10.0. The topological polar surface area (TPSA) is 131 Å². The highest BCUT2D eigenvalue weighted by Crippen LogP contribution is 2.33. The highest BCUT2D eigenvalue weighted by atomic mass is 19.4. The molecule has 0 spiro atoms. The second-order valence-electron chi connectivity index (χ2n) is 8.77. The fourth-order valence-electron chi connectivity index (χ4n) is 4.43. The molecule has 0 radical (unpaired) electrons. The largest absolute Gasteiger partial charge is 0.416 e. The maximum absolute atomic E-state index is 13.0. The molecule has 0 aliphatic carbocycles. The predicted molar refractivity (Wildman–Crippen MR) is 135 cm³/mol. The molecule has 5 heterocycles. The normalized spacial score (nSPS) is 15.2. The van der Waals surface area contributed by atoms with Gasteiger partial charge in [-0.05, 0) is 49.6 Å². The molecule has 10 nitrogen and oxygen atoms in total. The van der Waals surface area contributed by atoms with E-state index in [-0.39, 0.29) is 29.2 Å². The molecule has 1 aliphatic heterocycles. The van der Waals surface area contributed by atoms with Gasteiger partial charge in [-0.1, -0.05) is 5.92 Å². The minimum atomic E-state index is -4.57. The number of aromatic nitrogens is 5. The number of halogens is 3. The van der Waals surface area contributed by atoms with E-state index in [9.17, 15) is 22.8 Å². The average Bonchev–Trinajstić information content (AvgIpc) is 3.55. The van der Waals surface area contributed by atoms with Crippen LogP contribution in [0.3, 0.4) is 0 Å². The van der Waals surface area contributed by atoms with Gasteiger partial charge < -0.3 is 16.0 Å². The minimum absolute atomic E-state index is 0.0526. The number of fused-ring (bicyclic) bond motifs is 1. The summed E-state index contributed by atoms with van der Waals surface area (Å²) in [5.41, 5.74) is 7.20. The lowest BCUT2D eigenvalue weighted by molar-refractivity contribution is -0.137. The van der Waals surface area contributed by atoms with Crippen LogP contribution in [0.1, 0.15) is 40.9 Å². The highest BCUT2D eigenvalue weighted by molar-refractivity contribution is 6.03. The molecule has 2 amide bonds. The van der Waals surface area contributed by atoms with E-state index in [0.717, 1.165) is 29.5 Å². The number of carbonyl (C=O) groups is 2. The molecule has 3 N–H and O–H groups in total. The Balaban J connectivity index is 1.41. The number of nitrogens with one attached hydrogen (secondary N) is 1. The molecule has 0 aromatic carbocycles. The highest BCUT2D eigenvalue weighted by Gasteiger charge is 2.32. The Labute approximate surface area is 220 Å². The number of amides is 2. The molecule has 0 saturated carbocycles. The third-order valence-electron chi connectivity index (χ3n) is 6.29. The number of anilines is 2. The van der Waals surface area contributed by atoms with Crippen molar-refractivity contribution in [3.63, 3.8) is 0 Å². The van der Waals surface area contributed by atoms with Crippen molar-refractivity contribution in [3.05, 3.63) is 65.7 Å². The Kier molecular flexibility index (Phi) is 6.61. The van der Waals surface area contributed by atoms with Crippen LogP contribution >= 0.6 is 0 Å². The first-order valence-electron chi connectivity index (χ1n) is 11.8. The molecule has 5 rings (SSSR count). The number of hydrogen-bond acceptors (Lipinski definition) is 7. The van der Waals surface area contributed by atoms with E-state index in [1.807, 2.05) is 0 Å². The molecule has 0 bridgehead atoms. The summed E-state index contributed by atoms with van der Waals surface area (Å²) >= 11 is 0. The SMILES string of the molecule is CC#CC(=O)N1CCC(c2nc(-c3ccc(C(=O)Nc4cc(C(F)(F)F)ccn4)cn3)n3c(N)nccc23)C1. The quantitative estimate of drug-likeness (QED) is 0.384. The molecule has 39 heavy (non-hydrogen) atoms. The first-order valence-corrected chi connectivity index (χ1v) is 11.8. The number of hydrogen-bond donors (Lipinski definition) is 2. The summed E-state index contributed by atoms with van der Waals surface area (Å²) in [6.07, 6.45) is -0.0464. The summed E-state index contributed by atoms with van der Waals surface area (Å²) in [6, 6.07) is 6.37. The Morgan fingerprint density at radius 3 is 2.64 bits per heavy atom. The number of pyridine rings is 2. The molecule has 1 saturated heterocycles. The van der Waals surface area contributed by atoms with Gasteiger partial charge in [-0.15, -0.1) is 0 Å². The predicted octanol–water partition coefficient (Wildman–Crippen LogP) is 3.38. The van der Waals surface area contributed by atoms with Gasteiger partial charge in [0.1, 0.15) is 11.5 Å². The van der Waals surface area contributed by atoms with Crippen LogP contribution in [-0.2, 0) is 11.0 Å². The smallest absolute Gasteiger partial charge is 0.369 e. The number of imidazole rings is 1. The van der Waals surface area contributed by atoms with E-state index in [2.05, 4.69) is 32.1 Å². The zero-order valence-electron chi connectivity index (χ0n) is 20.5. The Bertz CT molecular complexity index is 1640. The van der Waals surface area contributed by atoms with E-state index >= 15 is 0 Å². The van der Waals surface area contributed by atoms with E-state index in [1.54, 1.807) is 34.6 Å². The molecule has 13 heteroatoms. The molecule has 1 aliphatic rings. The summed E-state index contributed by atoms with van der Waals surface area (Å²) < 4.78 is 40.5. The van der Waals surface area contributed by atoms with Crippen molar-refractivity contribution < 1.29 is 22.8 Å². The summed E-state index contributed by atoms with van der Waals surface area (Å²) in [4.78, 5) is 43.6. The van der Waals surface area contributed by atoms with Crippen molar-refractivity contribution in [2.45, 2.75) is 25.4 Å². The summed E-state index contributed by atoms with van der Waals surface area (Å²) in [5, 5.41) is 2.35. The van der Waals surface area contributed by atoms with Crippen molar-refractivity contribution in [2.75, 3.05) is 24.1 Å². The van der Waals surface area contributed by atoms with Crippen LogP contribution in [0.5, 0.6) is 0 Å². The lowest BCUT2D eigenvalue weighted by Gasteiger charge is -2.12. The van der Waals surface area contributed by atoms with E-state index in [4.69, 9.17) is 10.7 Å². The first-order chi connectivity index (χ1) is 18.7. The van der Waals surface area contributed by atoms with Crippen LogP contribution in [0.25, 0.3) is 17.0 Å². The van der Waals surface area contributed by atoms with Crippen LogP contribution in [-0.4, -0.2) is 54.1 Å². The summed E-state index contributed by atoms with van der Waals surface area (Å²) in [5.74, 6) is 4.56. The second-order valence-corrected chi connectivity index (χ2v) is 8.77. The van der Waals surface area contributed by atoms with Crippen molar-refractivity contribution in [1.82, 2.24) is 29.2 Å². The Morgan fingerprint density at radius 2 is 1.92 bits per heavy atom. The molecule has 198 valence electrons. The van der Waals surface area contributed by atoms with Crippen LogP contribution in [0.15, 0.2) is 48.9 Å². The number of nitrogen functional groups attached to an aromatic ring is 1. The summed E-state index contributed by atoms with van der Waals surface area (Å²) in [7, 11) is 0. The Hall–Kier alpha value is -4.99. The molecule has 1 atom stereocenters. The zero-order chi connectivity index (χ0) is 27.7. The number of alkyl halides is 3. The van der Waals surface area contributed by atoms with E-state index < -0.39 is 17.6 Å². The molecule has 4 aromatic rings. The maximum atomic E-state index is 13.0. The Morgan fingerprint density at radius 1 is 1.13 bits per heavy atom. The van der Waals surface area contributed by atoms with Crippen LogP contribution in [0.4, 0.5) is 24.9 Å². The maximum Gasteiger partial charge on any atom is 0.416 e. The van der Waals surface area contributed by atoms with Crippen LogP contribution in [0, 0.1) is 11.8 Å². The van der Waals surface area contributed by atoms with E-state index in [1.165, 1.54) is 12.3 Å². The van der Waals surface area contributed by atoms with Crippen molar-refractivity contribution >= 4 is 29.1 Å².